The Morgan fingerprint density at radius 3 is 2.82 bits per heavy atom. The Kier molecular flexibility index (Phi) is 4.21. The molecule has 2 aliphatic heterocycles. The summed E-state index contributed by atoms with van der Waals surface area (Å²) in [6, 6.07) is 1.23. The first kappa shape index (κ1) is 13.0. The summed E-state index contributed by atoms with van der Waals surface area (Å²) in [5.41, 5.74) is 0. The highest BCUT2D eigenvalue weighted by Gasteiger charge is 2.35. The molecule has 3 nitrogen and oxygen atoms in total. The van der Waals surface area contributed by atoms with Crippen LogP contribution in [0, 0.1) is 5.92 Å². The summed E-state index contributed by atoms with van der Waals surface area (Å²) >= 11 is 0. The van der Waals surface area contributed by atoms with Crippen molar-refractivity contribution in [3.63, 3.8) is 0 Å². The van der Waals surface area contributed by atoms with E-state index in [0.717, 1.165) is 12.0 Å². The van der Waals surface area contributed by atoms with Gasteiger partial charge in [-0.25, -0.2) is 0 Å². The van der Waals surface area contributed by atoms with Crippen molar-refractivity contribution in [3.05, 3.63) is 0 Å². The molecule has 0 amide bonds. The van der Waals surface area contributed by atoms with Gasteiger partial charge in [0.2, 0.25) is 0 Å². The molecule has 2 saturated heterocycles. The van der Waals surface area contributed by atoms with E-state index in [1.165, 1.54) is 38.9 Å². The van der Waals surface area contributed by atoms with E-state index < -0.39 is 0 Å². The average Bonchev–Trinajstić information content (AvgIpc) is 2.28. The number of piperidine rings is 2. The highest BCUT2D eigenvalue weighted by Crippen LogP contribution is 2.30. The number of rotatable bonds is 3. The minimum atomic E-state index is 0.320. The number of ketones is 1. The van der Waals surface area contributed by atoms with Crippen molar-refractivity contribution in [1.82, 2.24) is 9.80 Å². The van der Waals surface area contributed by atoms with Gasteiger partial charge in [0.15, 0.2) is 0 Å². The fraction of sp³-hybridized carbons (Fsp3) is 0.929. The quantitative estimate of drug-likeness (QED) is 0.748. The first-order valence-electron chi connectivity index (χ1n) is 7.01. The van der Waals surface area contributed by atoms with E-state index >= 15 is 0 Å². The number of likely N-dealkylation sites (tertiary alicyclic amines) is 2. The zero-order valence-electron chi connectivity index (χ0n) is 11.5. The van der Waals surface area contributed by atoms with Gasteiger partial charge in [0.05, 0.1) is 0 Å². The highest BCUT2D eigenvalue weighted by atomic mass is 16.1. The van der Waals surface area contributed by atoms with Gasteiger partial charge in [0.25, 0.3) is 0 Å². The molecule has 0 aromatic heterocycles. The summed E-state index contributed by atoms with van der Waals surface area (Å²) in [7, 11) is 2.27. The molecule has 17 heavy (non-hydrogen) atoms. The molecule has 0 saturated carbocycles. The first-order valence-corrected chi connectivity index (χ1v) is 7.01. The van der Waals surface area contributed by atoms with Gasteiger partial charge < -0.3 is 4.90 Å². The predicted molar refractivity (Wildman–Crippen MR) is 70.1 cm³/mol. The Morgan fingerprint density at radius 2 is 2.12 bits per heavy atom. The van der Waals surface area contributed by atoms with E-state index in [9.17, 15) is 4.79 Å². The van der Waals surface area contributed by atoms with E-state index in [-0.39, 0.29) is 0 Å². The Balaban J connectivity index is 1.90. The van der Waals surface area contributed by atoms with Crippen LogP contribution in [0.15, 0.2) is 0 Å². The number of fused-ring (bicyclic) bond motifs is 1. The van der Waals surface area contributed by atoms with Gasteiger partial charge in [-0.05, 0) is 59.2 Å². The van der Waals surface area contributed by atoms with Crippen LogP contribution in [-0.2, 0) is 4.79 Å². The summed E-state index contributed by atoms with van der Waals surface area (Å²) in [6.45, 7) is 7.54. The molecule has 0 radical (unpaired) electrons. The number of nitrogens with zero attached hydrogens (tertiary/aromatic N) is 2. The van der Waals surface area contributed by atoms with Crippen LogP contribution in [0.3, 0.4) is 0 Å². The van der Waals surface area contributed by atoms with Gasteiger partial charge >= 0.3 is 0 Å². The van der Waals surface area contributed by atoms with Crippen LogP contribution < -0.4 is 0 Å². The molecule has 0 bridgehead atoms. The maximum Gasteiger partial charge on any atom is 0.131 e. The Labute approximate surface area is 105 Å². The maximum absolute atomic E-state index is 11.2. The fourth-order valence-corrected chi connectivity index (χ4v) is 3.63. The Bertz CT molecular complexity index is 279. The molecule has 3 atom stereocenters. The number of hydrogen-bond acceptors (Lipinski definition) is 3. The van der Waals surface area contributed by atoms with Crippen molar-refractivity contribution in [1.29, 1.82) is 0 Å². The topological polar surface area (TPSA) is 23.6 Å². The molecular formula is C14H26N2O. The zero-order valence-corrected chi connectivity index (χ0v) is 11.5. The van der Waals surface area contributed by atoms with Crippen LogP contribution in [0.4, 0.5) is 0 Å². The highest BCUT2D eigenvalue weighted by molar-refractivity contribution is 5.76. The lowest BCUT2D eigenvalue weighted by atomic mass is 9.83. The summed E-state index contributed by atoms with van der Waals surface area (Å²) in [5, 5.41) is 0. The lowest BCUT2D eigenvalue weighted by Gasteiger charge is -2.47. The third-order valence-corrected chi connectivity index (χ3v) is 4.58. The van der Waals surface area contributed by atoms with Crippen LogP contribution in [0.2, 0.25) is 0 Å². The molecule has 2 rings (SSSR count). The van der Waals surface area contributed by atoms with Crippen molar-refractivity contribution in [2.45, 2.75) is 51.6 Å². The minimum absolute atomic E-state index is 0.320. The molecule has 2 heterocycles. The molecule has 98 valence electrons. The third kappa shape index (κ3) is 3.08. The van der Waals surface area contributed by atoms with Crippen LogP contribution in [0.5, 0.6) is 0 Å². The second-order valence-electron chi connectivity index (χ2n) is 5.99. The lowest BCUT2D eigenvalue weighted by molar-refractivity contribution is -0.118. The van der Waals surface area contributed by atoms with Crippen LogP contribution >= 0.6 is 0 Å². The third-order valence-electron chi connectivity index (χ3n) is 4.58. The number of carbonyl (C=O) groups is 1. The molecule has 2 aliphatic rings. The van der Waals surface area contributed by atoms with Crippen molar-refractivity contribution in [2.24, 2.45) is 5.92 Å². The summed E-state index contributed by atoms with van der Waals surface area (Å²) in [4.78, 5) is 16.3. The SMILES string of the molecule is CC(=O)CC(C)N1CCC2C(CCCN2C)C1. The van der Waals surface area contributed by atoms with Crippen LogP contribution in [0.25, 0.3) is 0 Å². The van der Waals surface area contributed by atoms with Crippen molar-refractivity contribution >= 4 is 5.78 Å². The Hall–Kier alpha value is -0.410. The smallest absolute Gasteiger partial charge is 0.131 e. The second kappa shape index (κ2) is 5.49. The van der Waals surface area contributed by atoms with E-state index in [0.29, 0.717) is 18.2 Å². The summed E-state index contributed by atoms with van der Waals surface area (Å²) < 4.78 is 0. The largest absolute Gasteiger partial charge is 0.303 e. The van der Waals surface area contributed by atoms with Gasteiger partial charge in [0, 0.05) is 25.0 Å². The Morgan fingerprint density at radius 1 is 1.35 bits per heavy atom. The standard InChI is InChI=1S/C14H26N2O/c1-11(9-12(2)17)16-8-6-14-13(10-16)5-4-7-15(14)3/h11,13-14H,4-10H2,1-3H3. The molecule has 0 aliphatic carbocycles. The van der Waals surface area contributed by atoms with Crippen molar-refractivity contribution in [3.8, 4) is 0 Å². The zero-order chi connectivity index (χ0) is 12.4. The van der Waals surface area contributed by atoms with Crippen LogP contribution in [-0.4, -0.2) is 54.3 Å². The van der Waals surface area contributed by atoms with Gasteiger partial charge in [-0.2, -0.15) is 0 Å². The van der Waals surface area contributed by atoms with Crippen molar-refractivity contribution < 1.29 is 4.79 Å². The predicted octanol–water partition coefficient (Wildman–Crippen LogP) is 1.77. The molecule has 3 unspecified atom stereocenters. The number of carbonyl (C=O) groups excluding carboxylic acids is 1. The molecule has 0 N–H and O–H groups in total. The van der Waals surface area contributed by atoms with E-state index in [1.54, 1.807) is 6.92 Å². The number of Topliss-reactive ketones (excluding diaryl/α,β-unsaturated/α-hetero) is 1. The van der Waals surface area contributed by atoms with Crippen molar-refractivity contribution in [2.75, 3.05) is 26.7 Å². The van der Waals surface area contributed by atoms with Gasteiger partial charge in [-0.15, -0.1) is 0 Å². The maximum atomic E-state index is 11.2. The fourth-order valence-electron chi connectivity index (χ4n) is 3.63. The summed E-state index contributed by atoms with van der Waals surface area (Å²) in [5.74, 6) is 1.15. The summed E-state index contributed by atoms with van der Waals surface area (Å²) in [6.07, 6.45) is 4.71. The van der Waals surface area contributed by atoms with Gasteiger partial charge in [-0.1, -0.05) is 0 Å². The molecule has 0 aromatic carbocycles. The molecule has 3 heteroatoms. The van der Waals surface area contributed by atoms with Gasteiger partial charge in [0.1, 0.15) is 5.78 Å². The average molecular weight is 238 g/mol. The van der Waals surface area contributed by atoms with E-state index in [1.807, 2.05) is 0 Å². The van der Waals surface area contributed by atoms with Crippen LogP contribution in [0.1, 0.15) is 39.5 Å². The first-order chi connectivity index (χ1) is 8.08. The molecule has 0 spiro atoms. The number of hydrogen-bond donors (Lipinski definition) is 0. The van der Waals surface area contributed by atoms with E-state index in [4.69, 9.17) is 0 Å². The monoisotopic (exact) mass is 238 g/mol. The van der Waals surface area contributed by atoms with Gasteiger partial charge in [-0.3, -0.25) is 9.69 Å². The molecule has 0 aromatic rings. The lowest BCUT2D eigenvalue weighted by Crippen LogP contribution is -2.54. The second-order valence-corrected chi connectivity index (χ2v) is 5.99. The minimum Gasteiger partial charge on any atom is -0.303 e. The molecule has 2 fully saturated rings. The van der Waals surface area contributed by atoms with E-state index in [2.05, 4.69) is 23.8 Å². The molecular weight excluding hydrogens is 212 g/mol. The normalized spacial score (nSPS) is 33.1.